The van der Waals surface area contributed by atoms with Crippen LogP contribution in [-0.4, -0.2) is 24.0 Å². The normalized spacial score (nSPS) is 14.4. The van der Waals surface area contributed by atoms with Crippen LogP contribution in [0, 0.1) is 0 Å². The lowest BCUT2D eigenvalue weighted by Gasteiger charge is -2.38. The van der Waals surface area contributed by atoms with Crippen molar-refractivity contribution in [1.82, 2.24) is 4.90 Å². The van der Waals surface area contributed by atoms with Gasteiger partial charge in [-0.3, -0.25) is 4.90 Å². The maximum Gasteiger partial charge on any atom is 0.0330 e. The standard InChI is InChI=1S/C17H24N2S/c1-17(14-18,11-10-15-7-4-3-5-8-15)19(2)13-16-9-6-12-20-16/h3-9,12H,10-11,13-14,18H2,1-2H3. The molecule has 3 heteroatoms. The minimum absolute atomic E-state index is 0.0415. The number of hydrogen-bond acceptors (Lipinski definition) is 3. The Morgan fingerprint density at radius 2 is 1.90 bits per heavy atom. The molecule has 2 rings (SSSR count). The predicted molar refractivity (Wildman–Crippen MR) is 88.0 cm³/mol. The lowest BCUT2D eigenvalue weighted by atomic mass is 9.91. The first-order valence-corrected chi connectivity index (χ1v) is 8.00. The van der Waals surface area contributed by atoms with Gasteiger partial charge in [0.25, 0.3) is 0 Å². The summed E-state index contributed by atoms with van der Waals surface area (Å²) in [5.41, 5.74) is 7.49. The number of likely N-dealkylation sites (N-methyl/N-ethyl adjacent to an activating group) is 1. The van der Waals surface area contributed by atoms with Gasteiger partial charge in [-0.1, -0.05) is 36.4 Å². The molecule has 1 atom stereocenters. The molecule has 0 saturated heterocycles. The van der Waals surface area contributed by atoms with Gasteiger partial charge in [0.05, 0.1) is 0 Å². The van der Waals surface area contributed by atoms with Crippen molar-refractivity contribution < 1.29 is 0 Å². The lowest BCUT2D eigenvalue weighted by Crippen LogP contribution is -2.49. The monoisotopic (exact) mass is 288 g/mol. The van der Waals surface area contributed by atoms with Crippen LogP contribution in [0.5, 0.6) is 0 Å². The van der Waals surface area contributed by atoms with Crippen molar-refractivity contribution in [3.8, 4) is 0 Å². The smallest absolute Gasteiger partial charge is 0.0330 e. The molecular weight excluding hydrogens is 264 g/mol. The summed E-state index contributed by atoms with van der Waals surface area (Å²) >= 11 is 1.81. The fourth-order valence-corrected chi connectivity index (χ4v) is 3.09. The quantitative estimate of drug-likeness (QED) is 0.844. The first-order valence-electron chi connectivity index (χ1n) is 7.12. The molecule has 2 nitrogen and oxygen atoms in total. The van der Waals surface area contributed by atoms with Gasteiger partial charge in [0.1, 0.15) is 0 Å². The second kappa shape index (κ2) is 7.02. The molecule has 0 amide bonds. The van der Waals surface area contributed by atoms with Gasteiger partial charge in [0.15, 0.2) is 0 Å². The summed E-state index contributed by atoms with van der Waals surface area (Å²) in [6.45, 7) is 3.92. The van der Waals surface area contributed by atoms with Crippen molar-refractivity contribution >= 4 is 11.3 Å². The first kappa shape index (κ1) is 15.2. The van der Waals surface area contributed by atoms with Crippen LogP contribution in [0.4, 0.5) is 0 Å². The van der Waals surface area contributed by atoms with E-state index in [0.29, 0.717) is 6.54 Å². The molecule has 0 aliphatic rings. The molecule has 2 N–H and O–H groups in total. The molecule has 1 unspecified atom stereocenters. The van der Waals surface area contributed by atoms with E-state index in [9.17, 15) is 0 Å². The van der Waals surface area contributed by atoms with Gasteiger partial charge < -0.3 is 5.73 Å². The molecule has 0 saturated carbocycles. The Kier molecular flexibility index (Phi) is 5.35. The molecule has 1 aromatic heterocycles. The lowest BCUT2D eigenvalue weighted by molar-refractivity contribution is 0.127. The Hall–Kier alpha value is -1.16. The Bertz CT molecular complexity index is 495. The molecule has 1 heterocycles. The van der Waals surface area contributed by atoms with E-state index in [0.717, 1.165) is 19.4 Å². The Morgan fingerprint density at radius 3 is 2.50 bits per heavy atom. The minimum Gasteiger partial charge on any atom is -0.329 e. The molecule has 0 fully saturated rings. The molecule has 0 aliphatic heterocycles. The highest BCUT2D eigenvalue weighted by Gasteiger charge is 2.27. The van der Waals surface area contributed by atoms with E-state index in [1.54, 1.807) is 0 Å². The van der Waals surface area contributed by atoms with Crippen LogP contribution >= 0.6 is 11.3 Å². The summed E-state index contributed by atoms with van der Waals surface area (Å²) < 4.78 is 0. The van der Waals surface area contributed by atoms with Crippen LogP contribution in [0.3, 0.4) is 0 Å². The fourth-order valence-electron chi connectivity index (χ4n) is 2.33. The van der Waals surface area contributed by atoms with Gasteiger partial charge in [-0.2, -0.15) is 0 Å². The average Bonchev–Trinajstić information content (AvgIpc) is 2.98. The van der Waals surface area contributed by atoms with Gasteiger partial charge in [0, 0.05) is 23.5 Å². The highest BCUT2D eigenvalue weighted by molar-refractivity contribution is 7.09. The third-order valence-electron chi connectivity index (χ3n) is 4.13. The van der Waals surface area contributed by atoms with Crippen LogP contribution < -0.4 is 5.73 Å². The second-order valence-corrected chi connectivity index (χ2v) is 6.65. The maximum absolute atomic E-state index is 6.06. The van der Waals surface area contributed by atoms with E-state index in [4.69, 9.17) is 5.73 Å². The van der Waals surface area contributed by atoms with E-state index >= 15 is 0 Å². The van der Waals surface area contributed by atoms with Crippen molar-refractivity contribution in [3.63, 3.8) is 0 Å². The third-order valence-corrected chi connectivity index (χ3v) is 4.99. The van der Waals surface area contributed by atoms with E-state index in [1.165, 1.54) is 10.4 Å². The maximum atomic E-state index is 6.06. The number of nitrogens with zero attached hydrogens (tertiary/aromatic N) is 1. The minimum atomic E-state index is 0.0415. The summed E-state index contributed by atoms with van der Waals surface area (Å²) in [6.07, 6.45) is 2.15. The zero-order chi connectivity index (χ0) is 14.4. The molecule has 1 aromatic carbocycles. The average molecular weight is 288 g/mol. The van der Waals surface area contributed by atoms with Crippen molar-refractivity contribution in [1.29, 1.82) is 0 Å². The largest absolute Gasteiger partial charge is 0.329 e. The zero-order valence-electron chi connectivity index (χ0n) is 12.4. The van der Waals surface area contributed by atoms with Crippen molar-refractivity contribution in [2.75, 3.05) is 13.6 Å². The molecule has 0 bridgehead atoms. The second-order valence-electron chi connectivity index (χ2n) is 5.62. The van der Waals surface area contributed by atoms with Gasteiger partial charge in [-0.05, 0) is 43.8 Å². The Balaban J connectivity index is 1.97. The number of aryl methyl sites for hydroxylation is 1. The van der Waals surface area contributed by atoms with E-state index in [1.807, 2.05) is 11.3 Å². The fraction of sp³-hybridized carbons (Fsp3) is 0.412. The topological polar surface area (TPSA) is 29.3 Å². The zero-order valence-corrected chi connectivity index (χ0v) is 13.2. The summed E-state index contributed by atoms with van der Waals surface area (Å²) in [7, 11) is 2.18. The molecule has 20 heavy (non-hydrogen) atoms. The number of benzene rings is 1. The van der Waals surface area contributed by atoms with Gasteiger partial charge >= 0.3 is 0 Å². The van der Waals surface area contributed by atoms with Gasteiger partial charge in [-0.15, -0.1) is 11.3 Å². The Morgan fingerprint density at radius 1 is 1.15 bits per heavy atom. The highest BCUT2D eigenvalue weighted by Crippen LogP contribution is 2.23. The third kappa shape index (κ3) is 3.92. The summed E-state index contributed by atoms with van der Waals surface area (Å²) in [6, 6.07) is 14.9. The molecule has 0 spiro atoms. The van der Waals surface area contributed by atoms with Crippen molar-refractivity contribution in [2.24, 2.45) is 5.73 Å². The van der Waals surface area contributed by atoms with Gasteiger partial charge in [0.2, 0.25) is 0 Å². The number of nitrogens with two attached hydrogens (primary N) is 1. The van der Waals surface area contributed by atoms with Crippen LogP contribution in [-0.2, 0) is 13.0 Å². The Labute approximate surface area is 126 Å². The summed E-state index contributed by atoms with van der Waals surface area (Å²) in [5.74, 6) is 0. The van der Waals surface area contributed by atoms with Crippen molar-refractivity contribution in [2.45, 2.75) is 31.8 Å². The molecule has 108 valence electrons. The molecule has 2 aromatic rings. The van der Waals surface area contributed by atoms with Crippen LogP contribution in [0.2, 0.25) is 0 Å². The van der Waals surface area contributed by atoms with E-state index in [2.05, 4.69) is 66.7 Å². The number of thiophene rings is 1. The van der Waals surface area contributed by atoms with Crippen molar-refractivity contribution in [3.05, 3.63) is 58.3 Å². The number of rotatable bonds is 7. The van der Waals surface area contributed by atoms with Crippen LogP contribution in [0.25, 0.3) is 0 Å². The predicted octanol–water partition coefficient (Wildman–Crippen LogP) is 3.53. The SMILES string of the molecule is CN(Cc1cccs1)C(C)(CN)CCc1ccccc1. The number of hydrogen-bond donors (Lipinski definition) is 1. The van der Waals surface area contributed by atoms with Crippen LogP contribution in [0.15, 0.2) is 47.8 Å². The summed E-state index contributed by atoms with van der Waals surface area (Å²) in [4.78, 5) is 3.79. The molecule has 0 radical (unpaired) electrons. The highest BCUT2D eigenvalue weighted by atomic mass is 32.1. The van der Waals surface area contributed by atoms with Gasteiger partial charge in [-0.25, -0.2) is 0 Å². The molecular formula is C17H24N2S. The molecule has 0 aliphatic carbocycles. The first-order chi connectivity index (χ1) is 9.64. The van der Waals surface area contributed by atoms with E-state index < -0.39 is 0 Å². The summed E-state index contributed by atoms with van der Waals surface area (Å²) in [5, 5.41) is 2.13. The van der Waals surface area contributed by atoms with Crippen LogP contribution in [0.1, 0.15) is 23.8 Å². The van der Waals surface area contributed by atoms with E-state index in [-0.39, 0.29) is 5.54 Å².